The quantitative estimate of drug-likeness (QED) is 0.118. The van der Waals surface area contributed by atoms with Crippen LogP contribution in [0.15, 0.2) is 212 Å². The number of fused-ring (bicyclic) bond motifs is 13. The topological polar surface area (TPSA) is 45.7 Å². The Morgan fingerprint density at radius 3 is 1.75 bits per heavy atom. The first kappa shape index (κ1) is 42.7. The van der Waals surface area contributed by atoms with Crippen molar-refractivity contribution in [2.24, 2.45) is 14.1 Å². The highest BCUT2D eigenvalue weighted by atomic mass is 16.5. The second kappa shape index (κ2) is 16.2. The summed E-state index contributed by atoms with van der Waals surface area (Å²) in [5.41, 5.74) is 16.6. The van der Waals surface area contributed by atoms with E-state index < -0.39 is 0 Å². The molecule has 0 aliphatic rings. The lowest BCUT2D eigenvalue weighted by Crippen LogP contribution is -2.29. The zero-order valence-electron chi connectivity index (χ0n) is 41.3. The van der Waals surface area contributed by atoms with Crippen LogP contribution in [0.5, 0.6) is 11.5 Å². The van der Waals surface area contributed by atoms with Gasteiger partial charge in [0.05, 0.1) is 44.5 Å². The highest BCUT2D eigenvalue weighted by Crippen LogP contribution is 2.49. The van der Waals surface area contributed by atoms with Crippen LogP contribution in [0.2, 0.25) is 0 Å². The first-order chi connectivity index (χ1) is 35.7. The van der Waals surface area contributed by atoms with Crippen LogP contribution >= 0.6 is 0 Å². The number of pyridine rings is 1. The summed E-state index contributed by atoms with van der Waals surface area (Å²) in [4.78, 5) is 5.19. The standard InChI is InChI=1S/C66H50N6O/c1-66(2,3)44-36-37-67-58(38-44)72-57-40-47(34-35-52(57)60-59-50-26-12-14-30-53(50)68(4)63(59)61-51-27-13-15-31-54(51)69(5)64(61)65(60)72)73-46-25-18-24-45(39-46)70-41-71(56-33-17-16-32-55(56)70)62-48(42-20-8-6-9-21-42)28-19-29-49(62)43-22-10-7-11-23-43/h6-40H,1-5H3. The van der Waals surface area contributed by atoms with Crippen molar-refractivity contribution < 1.29 is 9.30 Å². The van der Waals surface area contributed by atoms with Gasteiger partial charge in [-0.1, -0.05) is 166 Å². The van der Waals surface area contributed by atoms with Crippen molar-refractivity contribution in [1.82, 2.24) is 23.3 Å². The minimum atomic E-state index is -0.0924. The Morgan fingerprint density at radius 1 is 0.479 bits per heavy atom. The minimum Gasteiger partial charge on any atom is -0.458 e. The van der Waals surface area contributed by atoms with Crippen molar-refractivity contribution in [1.29, 1.82) is 0 Å². The third-order valence-corrected chi connectivity index (χ3v) is 15.0. The maximum absolute atomic E-state index is 7.01. The number of hydrogen-bond acceptors (Lipinski definition) is 2. The second-order valence-corrected chi connectivity index (χ2v) is 20.3. The van der Waals surface area contributed by atoms with E-state index in [2.05, 4.69) is 264 Å². The van der Waals surface area contributed by atoms with Gasteiger partial charge in [-0.2, -0.15) is 0 Å². The first-order valence-corrected chi connectivity index (χ1v) is 25.0. The molecule has 0 spiro atoms. The summed E-state index contributed by atoms with van der Waals surface area (Å²) < 4.78 is 18.6. The fourth-order valence-electron chi connectivity index (χ4n) is 11.6. The molecule has 0 unspecified atom stereocenters. The van der Waals surface area contributed by atoms with Crippen LogP contribution in [0.4, 0.5) is 0 Å². The number of benzene rings is 9. The van der Waals surface area contributed by atoms with Gasteiger partial charge in [0.15, 0.2) is 0 Å². The average Bonchev–Trinajstić information content (AvgIpc) is 4.17. The van der Waals surface area contributed by atoms with E-state index in [4.69, 9.17) is 9.72 Å². The molecule has 14 rings (SSSR count). The molecule has 7 nitrogen and oxygen atoms in total. The van der Waals surface area contributed by atoms with Crippen LogP contribution in [-0.2, 0) is 19.5 Å². The summed E-state index contributed by atoms with van der Waals surface area (Å²) in [5.74, 6) is 2.31. The number of nitrogens with zero attached hydrogens (tertiary/aromatic N) is 6. The summed E-state index contributed by atoms with van der Waals surface area (Å²) in [6.45, 7) is 6.79. The molecule has 0 saturated carbocycles. The van der Waals surface area contributed by atoms with Crippen molar-refractivity contribution in [3.8, 4) is 50.9 Å². The van der Waals surface area contributed by atoms with Gasteiger partial charge < -0.3 is 13.9 Å². The molecule has 0 aliphatic carbocycles. The second-order valence-electron chi connectivity index (χ2n) is 20.3. The molecule has 0 aliphatic heterocycles. The fourth-order valence-corrected chi connectivity index (χ4v) is 11.6. The summed E-state index contributed by atoms with van der Waals surface area (Å²) in [6, 6.07) is 73.3. The van der Waals surface area contributed by atoms with Gasteiger partial charge in [0.25, 0.3) is 6.33 Å². The number of hydrogen-bond donors (Lipinski definition) is 0. The molecule has 0 fully saturated rings. The highest BCUT2D eigenvalue weighted by molar-refractivity contribution is 6.40. The van der Waals surface area contributed by atoms with Crippen molar-refractivity contribution in [3.63, 3.8) is 0 Å². The van der Waals surface area contributed by atoms with E-state index >= 15 is 0 Å². The molecule has 0 bridgehead atoms. The lowest BCUT2D eigenvalue weighted by atomic mass is 9.88. The SMILES string of the molecule is Cn1c2ccccc2c2c3c4ccc(Oc5cccc(-[n+]6[c-]n(-c7c(-c8ccccc8)cccc7-c7ccccc7)c7ccccc76)c5)cc4n(-c4cc(C(C)(C)C)ccn4)c3c3c(c4ccccc4n3C)c21. The van der Waals surface area contributed by atoms with Gasteiger partial charge in [-0.15, -0.1) is 0 Å². The largest absolute Gasteiger partial charge is 0.458 e. The molecule has 73 heavy (non-hydrogen) atoms. The van der Waals surface area contributed by atoms with Crippen LogP contribution < -0.4 is 9.30 Å². The van der Waals surface area contributed by atoms with Gasteiger partial charge in [-0.25, -0.2) is 4.98 Å². The predicted octanol–water partition coefficient (Wildman–Crippen LogP) is 15.9. The molecule has 0 amide bonds. The van der Waals surface area contributed by atoms with E-state index in [0.29, 0.717) is 5.75 Å². The van der Waals surface area contributed by atoms with Crippen LogP contribution in [0.25, 0.3) is 116 Å². The molecule has 0 atom stereocenters. The fraction of sp³-hybridized carbons (Fsp3) is 0.0909. The maximum atomic E-state index is 7.01. The summed E-state index contributed by atoms with van der Waals surface area (Å²) >= 11 is 0. The van der Waals surface area contributed by atoms with Gasteiger partial charge in [-0.05, 0) is 87.8 Å². The van der Waals surface area contributed by atoms with Crippen molar-refractivity contribution in [2.75, 3.05) is 0 Å². The molecular weight excluding hydrogens is 893 g/mol. The molecule has 0 saturated heterocycles. The first-order valence-electron chi connectivity index (χ1n) is 25.0. The monoisotopic (exact) mass is 942 g/mol. The van der Waals surface area contributed by atoms with Gasteiger partial charge in [-0.3, -0.25) is 13.7 Å². The molecule has 5 aromatic heterocycles. The summed E-state index contributed by atoms with van der Waals surface area (Å²) in [7, 11) is 4.42. The Balaban J connectivity index is 0.976. The lowest BCUT2D eigenvalue weighted by Gasteiger charge is -2.20. The van der Waals surface area contributed by atoms with Gasteiger partial charge >= 0.3 is 0 Å². The van der Waals surface area contributed by atoms with E-state index in [1.165, 1.54) is 54.6 Å². The zero-order valence-corrected chi connectivity index (χ0v) is 41.3. The number of imidazole rings is 1. The molecule has 350 valence electrons. The van der Waals surface area contributed by atoms with Crippen LogP contribution in [0.1, 0.15) is 26.3 Å². The number of aromatic nitrogens is 6. The molecule has 5 heterocycles. The Hall–Kier alpha value is -9.20. The Labute approximate surface area is 422 Å². The maximum Gasteiger partial charge on any atom is 0.269 e. The number of rotatable bonds is 7. The summed E-state index contributed by atoms with van der Waals surface area (Å²) in [6.07, 6.45) is 5.80. The Bertz CT molecular complexity index is 4470. The number of ether oxygens (including phenoxy) is 1. The van der Waals surface area contributed by atoms with E-state index in [0.717, 1.165) is 72.6 Å². The molecule has 14 aromatic rings. The van der Waals surface area contributed by atoms with Crippen LogP contribution in [-0.4, -0.2) is 23.3 Å². The smallest absolute Gasteiger partial charge is 0.269 e. The normalized spacial score (nSPS) is 12.2. The molecule has 9 aromatic carbocycles. The zero-order chi connectivity index (χ0) is 49.1. The Kier molecular flexibility index (Phi) is 9.45. The van der Waals surface area contributed by atoms with E-state index in [-0.39, 0.29) is 5.41 Å². The van der Waals surface area contributed by atoms with Gasteiger partial charge in [0.1, 0.15) is 17.3 Å². The van der Waals surface area contributed by atoms with E-state index in [1.807, 2.05) is 12.3 Å². The molecule has 0 radical (unpaired) electrons. The van der Waals surface area contributed by atoms with E-state index in [9.17, 15) is 0 Å². The minimum absolute atomic E-state index is 0.0924. The highest BCUT2D eigenvalue weighted by Gasteiger charge is 2.28. The third kappa shape index (κ3) is 6.51. The molecule has 7 heteroatoms. The van der Waals surface area contributed by atoms with Crippen molar-refractivity contribution >= 4 is 76.5 Å². The van der Waals surface area contributed by atoms with Crippen molar-refractivity contribution in [3.05, 3.63) is 224 Å². The van der Waals surface area contributed by atoms with Crippen LogP contribution in [0.3, 0.4) is 0 Å². The van der Waals surface area contributed by atoms with Gasteiger partial charge in [0.2, 0.25) is 0 Å². The lowest BCUT2D eigenvalue weighted by molar-refractivity contribution is -0.572. The predicted molar refractivity (Wildman–Crippen MR) is 300 cm³/mol. The third-order valence-electron chi connectivity index (χ3n) is 15.0. The molecular formula is C66H50N6O. The number of aryl methyl sites for hydroxylation is 2. The number of para-hydroxylation sites is 5. The van der Waals surface area contributed by atoms with Crippen molar-refractivity contribution in [2.45, 2.75) is 26.2 Å². The van der Waals surface area contributed by atoms with E-state index in [1.54, 1.807) is 0 Å². The van der Waals surface area contributed by atoms with Crippen LogP contribution in [0, 0.1) is 6.33 Å². The van der Waals surface area contributed by atoms with Gasteiger partial charge in [0, 0.05) is 69.7 Å². The summed E-state index contributed by atoms with van der Waals surface area (Å²) in [5, 5.41) is 7.26. The molecule has 0 N–H and O–H groups in total. The Morgan fingerprint density at radius 2 is 1.05 bits per heavy atom. The average molecular weight is 943 g/mol.